The van der Waals surface area contributed by atoms with Gasteiger partial charge in [0.25, 0.3) is 5.89 Å². The summed E-state index contributed by atoms with van der Waals surface area (Å²) in [4.78, 5) is 14.2. The van der Waals surface area contributed by atoms with E-state index in [4.69, 9.17) is 9.26 Å². The smallest absolute Gasteiger partial charge is 0.259 e. The van der Waals surface area contributed by atoms with Gasteiger partial charge in [0.05, 0.1) is 12.7 Å². The van der Waals surface area contributed by atoms with Gasteiger partial charge in [-0.15, -0.1) is 0 Å². The second kappa shape index (κ2) is 7.83. The molecule has 1 aromatic carbocycles. The Hall–Kier alpha value is -2.93. The predicted octanol–water partition coefficient (Wildman–Crippen LogP) is 3.02. The van der Waals surface area contributed by atoms with Crippen LogP contribution in [0.15, 0.2) is 47.1 Å². The molecule has 2 aromatic heterocycles. The molecule has 2 aliphatic rings. The molecule has 2 saturated heterocycles. The molecule has 5 rings (SSSR count). The van der Waals surface area contributed by atoms with Crippen molar-refractivity contribution in [1.29, 1.82) is 0 Å². The standard InChI is InChI=1S/C22H25N5O2/c1-28-19-7-4-16(5-8-19)13-20-24-22(29-25-20)17-6-9-21(23-14-17)27-12-11-26-10-2-3-18(26)15-27/h4-9,14,18H,2-3,10-13,15H2,1H3. The minimum Gasteiger partial charge on any atom is -0.497 e. The monoisotopic (exact) mass is 391 g/mol. The van der Waals surface area contributed by atoms with Gasteiger partial charge in [0.2, 0.25) is 0 Å². The number of hydrogen-bond acceptors (Lipinski definition) is 7. The normalized spacial score (nSPS) is 19.3. The number of piperazine rings is 1. The van der Waals surface area contributed by atoms with Gasteiger partial charge in [-0.2, -0.15) is 4.98 Å². The zero-order valence-electron chi connectivity index (χ0n) is 16.6. The van der Waals surface area contributed by atoms with E-state index in [-0.39, 0.29) is 0 Å². The highest BCUT2D eigenvalue weighted by molar-refractivity contribution is 5.55. The molecule has 1 unspecified atom stereocenters. The first kappa shape index (κ1) is 18.1. The summed E-state index contributed by atoms with van der Waals surface area (Å²) in [6.07, 6.45) is 5.07. The fourth-order valence-electron chi connectivity index (χ4n) is 4.27. The van der Waals surface area contributed by atoms with Gasteiger partial charge >= 0.3 is 0 Å². The molecule has 2 aliphatic heterocycles. The molecule has 7 heteroatoms. The molecule has 0 bridgehead atoms. The van der Waals surface area contributed by atoms with Crippen molar-refractivity contribution in [3.05, 3.63) is 54.0 Å². The molecular weight excluding hydrogens is 366 g/mol. The zero-order chi connectivity index (χ0) is 19.6. The van der Waals surface area contributed by atoms with Crippen LogP contribution in [0.25, 0.3) is 11.5 Å². The van der Waals surface area contributed by atoms with Crippen molar-refractivity contribution in [2.45, 2.75) is 25.3 Å². The maximum atomic E-state index is 5.46. The van der Waals surface area contributed by atoms with Gasteiger partial charge in [0.15, 0.2) is 5.82 Å². The molecule has 0 aliphatic carbocycles. The summed E-state index contributed by atoms with van der Waals surface area (Å²) in [6.45, 7) is 4.49. The maximum absolute atomic E-state index is 5.46. The van der Waals surface area contributed by atoms with Crippen LogP contribution >= 0.6 is 0 Å². The van der Waals surface area contributed by atoms with Crippen molar-refractivity contribution in [2.75, 3.05) is 38.2 Å². The Kier molecular flexibility index (Phi) is 4.89. The van der Waals surface area contributed by atoms with Crippen molar-refractivity contribution < 1.29 is 9.26 Å². The number of aromatic nitrogens is 3. The largest absolute Gasteiger partial charge is 0.497 e. The molecule has 2 fully saturated rings. The summed E-state index contributed by atoms with van der Waals surface area (Å²) in [5.74, 6) is 3.03. The molecule has 7 nitrogen and oxygen atoms in total. The van der Waals surface area contributed by atoms with Gasteiger partial charge in [-0.1, -0.05) is 17.3 Å². The van der Waals surface area contributed by atoms with Crippen LogP contribution in [0.2, 0.25) is 0 Å². The Morgan fingerprint density at radius 2 is 2.00 bits per heavy atom. The predicted molar refractivity (Wildman–Crippen MR) is 110 cm³/mol. The fourth-order valence-corrected chi connectivity index (χ4v) is 4.27. The summed E-state index contributed by atoms with van der Waals surface area (Å²) in [5, 5.41) is 4.12. The van der Waals surface area contributed by atoms with Crippen LogP contribution in [0, 0.1) is 0 Å². The van der Waals surface area contributed by atoms with Crippen LogP contribution in [0.5, 0.6) is 5.75 Å². The molecule has 0 saturated carbocycles. The van der Waals surface area contributed by atoms with E-state index in [1.807, 2.05) is 36.5 Å². The molecule has 0 amide bonds. The number of methoxy groups -OCH3 is 1. The lowest BCUT2D eigenvalue weighted by molar-refractivity contribution is 0.230. The average Bonchev–Trinajstić information content (AvgIpc) is 3.43. The minimum atomic E-state index is 0.508. The minimum absolute atomic E-state index is 0.508. The first-order chi connectivity index (χ1) is 14.3. The summed E-state index contributed by atoms with van der Waals surface area (Å²) in [7, 11) is 1.66. The third kappa shape index (κ3) is 3.82. The Morgan fingerprint density at radius 3 is 2.79 bits per heavy atom. The Labute approximate surface area is 170 Å². The Balaban J connectivity index is 1.25. The fraction of sp³-hybridized carbons (Fsp3) is 0.409. The van der Waals surface area contributed by atoms with Gasteiger partial charge in [0.1, 0.15) is 11.6 Å². The lowest BCUT2D eigenvalue weighted by atomic mass is 10.1. The van der Waals surface area contributed by atoms with E-state index < -0.39 is 0 Å². The zero-order valence-corrected chi connectivity index (χ0v) is 16.6. The molecule has 29 heavy (non-hydrogen) atoms. The number of anilines is 1. The first-order valence-corrected chi connectivity index (χ1v) is 10.2. The van der Waals surface area contributed by atoms with Crippen molar-refractivity contribution in [3.8, 4) is 17.2 Å². The average molecular weight is 391 g/mol. The quantitative estimate of drug-likeness (QED) is 0.662. The summed E-state index contributed by atoms with van der Waals surface area (Å²) < 4.78 is 10.7. The van der Waals surface area contributed by atoms with Crippen molar-refractivity contribution in [3.63, 3.8) is 0 Å². The molecular formula is C22H25N5O2. The molecule has 4 heterocycles. The highest BCUT2D eigenvalue weighted by Crippen LogP contribution is 2.26. The van der Waals surface area contributed by atoms with Gasteiger partial charge in [0, 0.05) is 38.3 Å². The van der Waals surface area contributed by atoms with E-state index >= 15 is 0 Å². The number of fused-ring (bicyclic) bond motifs is 1. The summed E-state index contributed by atoms with van der Waals surface area (Å²) >= 11 is 0. The van der Waals surface area contributed by atoms with E-state index in [1.54, 1.807) is 7.11 Å². The van der Waals surface area contributed by atoms with E-state index in [2.05, 4.69) is 31.0 Å². The van der Waals surface area contributed by atoms with Crippen LogP contribution in [0.4, 0.5) is 5.82 Å². The molecule has 0 N–H and O–H groups in total. The second-order valence-corrected chi connectivity index (χ2v) is 7.72. The molecule has 3 aromatic rings. The number of benzene rings is 1. The Morgan fingerprint density at radius 1 is 1.10 bits per heavy atom. The van der Waals surface area contributed by atoms with Crippen LogP contribution in [-0.4, -0.2) is 59.4 Å². The van der Waals surface area contributed by atoms with Crippen LogP contribution in [0.1, 0.15) is 24.2 Å². The van der Waals surface area contributed by atoms with E-state index in [9.17, 15) is 0 Å². The lowest BCUT2D eigenvalue weighted by Gasteiger charge is -2.38. The van der Waals surface area contributed by atoms with E-state index in [0.717, 1.165) is 42.3 Å². The van der Waals surface area contributed by atoms with Crippen molar-refractivity contribution in [1.82, 2.24) is 20.0 Å². The lowest BCUT2D eigenvalue weighted by Crippen LogP contribution is -2.50. The number of nitrogens with zero attached hydrogens (tertiary/aromatic N) is 5. The van der Waals surface area contributed by atoms with Gasteiger partial charge in [-0.25, -0.2) is 4.98 Å². The van der Waals surface area contributed by atoms with E-state index in [0.29, 0.717) is 24.2 Å². The van der Waals surface area contributed by atoms with Crippen molar-refractivity contribution in [2.24, 2.45) is 0 Å². The highest BCUT2D eigenvalue weighted by Gasteiger charge is 2.30. The SMILES string of the molecule is COc1ccc(Cc2noc(-c3ccc(N4CCN5CCCC5C4)nc3)n2)cc1. The van der Waals surface area contributed by atoms with Crippen LogP contribution in [0.3, 0.4) is 0 Å². The third-order valence-electron chi connectivity index (χ3n) is 5.90. The number of ether oxygens (including phenoxy) is 1. The van der Waals surface area contributed by atoms with Crippen LogP contribution in [-0.2, 0) is 6.42 Å². The molecule has 0 spiro atoms. The summed E-state index contributed by atoms with van der Waals surface area (Å²) in [6, 6.07) is 12.7. The maximum Gasteiger partial charge on any atom is 0.259 e. The first-order valence-electron chi connectivity index (χ1n) is 10.2. The second-order valence-electron chi connectivity index (χ2n) is 7.72. The van der Waals surface area contributed by atoms with Crippen LogP contribution < -0.4 is 9.64 Å². The van der Waals surface area contributed by atoms with Gasteiger partial charge in [-0.3, -0.25) is 4.90 Å². The van der Waals surface area contributed by atoms with E-state index in [1.165, 1.54) is 19.4 Å². The molecule has 0 radical (unpaired) electrons. The van der Waals surface area contributed by atoms with Gasteiger partial charge in [-0.05, 0) is 49.2 Å². The third-order valence-corrected chi connectivity index (χ3v) is 5.90. The highest BCUT2D eigenvalue weighted by atomic mass is 16.5. The number of rotatable bonds is 5. The molecule has 1 atom stereocenters. The number of pyridine rings is 1. The summed E-state index contributed by atoms with van der Waals surface area (Å²) in [5.41, 5.74) is 1.96. The Bertz CT molecular complexity index is 954. The topological polar surface area (TPSA) is 67.5 Å². The molecule has 150 valence electrons. The number of hydrogen-bond donors (Lipinski definition) is 0. The van der Waals surface area contributed by atoms with Gasteiger partial charge < -0.3 is 14.2 Å². The van der Waals surface area contributed by atoms with Crippen molar-refractivity contribution >= 4 is 5.82 Å².